The van der Waals surface area contributed by atoms with Gasteiger partial charge < -0.3 is 0 Å². The Kier molecular flexibility index (Phi) is 3.20. The first-order valence-corrected chi connectivity index (χ1v) is 4.74. The van der Waals surface area contributed by atoms with Gasteiger partial charge in [0.2, 0.25) is 0 Å². The maximum atomic E-state index is 12.9. The van der Waals surface area contributed by atoms with Crippen molar-refractivity contribution >= 4 is 21.7 Å². The van der Waals surface area contributed by atoms with Gasteiger partial charge in [-0.05, 0) is 37.1 Å². The molecule has 0 N–H and O–H groups in total. The standard InChI is InChI=1S/C10H10BrFO/c1-6(13)3-8-4-9(12)5-10(11)7(8)2/h4-5H,3H2,1-2H3. The highest BCUT2D eigenvalue weighted by Gasteiger charge is 2.06. The summed E-state index contributed by atoms with van der Waals surface area (Å²) in [5.41, 5.74) is 1.68. The van der Waals surface area contributed by atoms with Crippen molar-refractivity contribution in [2.45, 2.75) is 20.3 Å². The van der Waals surface area contributed by atoms with Crippen LogP contribution in [-0.4, -0.2) is 5.78 Å². The number of halogens is 2. The van der Waals surface area contributed by atoms with E-state index in [1.54, 1.807) is 0 Å². The van der Waals surface area contributed by atoms with Gasteiger partial charge in [0.1, 0.15) is 11.6 Å². The first-order chi connectivity index (χ1) is 6.00. The summed E-state index contributed by atoms with van der Waals surface area (Å²) in [7, 11) is 0. The van der Waals surface area contributed by atoms with E-state index in [1.807, 2.05) is 6.92 Å². The van der Waals surface area contributed by atoms with Gasteiger partial charge >= 0.3 is 0 Å². The zero-order valence-electron chi connectivity index (χ0n) is 7.53. The van der Waals surface area contributed by atoms with Crippen LogP contribution in [0.25, 0.3) is 0 Å². The van der Waals surface area contributed by atoms with E-state index in [2.05, 4.69) is 15.9 Å². The van der Waals surface area contributed by atoms with E-state index >= 15 is 0 Å². The van der Waals surface area contributed by atoms with Gasteiger partial charge in [-0.2, -0.15) is 0 Å². The average Bonchev–Trinajstić information content (AvgIpc) is 1.98. The molecule has 13 heavy (non-hydrogen) atoms. The van der Waals surface area contributed by atoms with Gasteiger partial charge in [0.25, 0.3) is 0 Å². The minimum atomic E-state index is -0.311. The second-order valence-electron chi connectivity index (χ2n) is 3.05. The van der Waals surface area contributed by atoms with E-state index in [9.17, 15) is 9.18 Å². The Bertz CT molecular complexity index is 347. The molecule has 1 rings (SSSR count). The van der Waals surface area contributed by atoms with Crippen molar-refractivity contribution in [2.24, 2.45) is 0 Å². The lowest BCUT2D eigenvalue weighted by Gasteiger charge is -2.05. The molecule has 0 spiro atoms. The first-order valence-electron chi connectivity index (χ1n) is 3.94. The summed E-state index contributed by atoms with van der Waals surface area (Å²) >= 11 is 3.24. The summed E-state index contributed by atoms with van der Waals surface area (Å²) in [5, 5.41) is 0. The van der Waals surface area contributed by atoms with Crippen molar-refractivity contribution in [3.63, 3.8) is 0 Å². The largest absolute Gasteiger partial charge is 0.300 e. The van der Waals surface area contributed by atoms with Crippen LogP contribution in [0, 0.1) is 12.7 Å². The van der Waals surface area contributed by atoms with Crippen molar-refractivity contribution in [1.82, 2.24) is 0 Å². The highest BCUT2D eigenvalue weighted by Crippen LogP contribution is 2.22. The fourth-order valence-corrected chi connectivity index (χ4v) is 1.62. The normalized spacial score (nSPS) is 10.2. The monoisotopic (exact) mass is 244 g/mol. The SMILES string of the molecule is CC(=O)Cc1cc(F)cc(Br)c1C. The van der Waals surface area contributed by atoms with Crippen molar-refractivity contribution in [3.8, 4) is 0 Å². The number of Topliss-reactive ketones (excluding diaryl/α,β-unsaturated/α-hetero) is 1. The summed E-state index contributed by atoms with van der Waals surface area (Å²) < 4.78 is 13.6. The van der Waals surface area contributed by atoms with Gasteiger partial charge in [-0.15, -0.1) is 0 Å². The average molecular weight is 245 g/mol. The molecular weight excluding hydrogens is 235 g/mol. The Morgan fingerprint density at radius 2 is 2.15 bits per heavy atom. The molecule has 70 valence electrons. The Morgan fingerprint density at radius 1 is 1.54 bits per heavy atom. The third-order valence-corrected chi connectivity index (χ3v) is 2.68. The Labute approximate surface area is 85.1 Å². The molecule has 0 bridgehead atoms. The van der Waals surface area contributed by atoms with Crippen molar-refractivity contribution in [1.29, 1.82) is 0 Å². The summed E-state index contributed by atoms with van der Waals surface area (Å²) in [5.74, 6) is -0.269. The molecule has 0 radical (unpaired) electrons. The molecule has 0 saturated heterocycles. The maximum absolute atomic E-state index is 12.9. The summed E-state index contributed by atoms with van der Waals surface area (Å²) in [6, 6.07) is 2.81. The quantitative estimate of drug-likeness (QED) is 0.782. The highest BCUT2D eigenvalue weighted by atomic mass is 79.9. The van der Waals surface area contributed by atoms with E-state index in [0.717, 1.165) is 11.1 Å². The smallest absolute Gasteiger partial charge is 0.134 e. The van der Waals surface area contributed by atoms with Crippen LogP contribution in [-0.2, 0) is 11.2 Å². The molecule has 0 aliphatic rings. The highest BCUT2D eigenvalue weighted by molar-refractivity contribution is 9.10. The molecule has 0 unspecified atom stereocenters. The lowest BCUT2D eigenvalue weighted by molar-refractivity contribution is -0.116. The van der Waals surface area contributed by atoms with E-state index in [1.165, 1.54) is 19.1 Å². The molecule has 0 aliphatic heterocycles. The van der Waals surface area contributed by atoms with Crippen molar-refractivity contribution < 1.29 is 9.18 Å². The summed E-state index contributed by atoms with van der Waals surface area (Å²) in [6.07, 6.45) is 0.294. The Morgan fingerprint density at radius 3 is 2.69 bits per heavy atom. The van der Waals surface area contributed by atoms with E-state index in [-0.39, 0.29) is 11.6 Å². The molecule has 0 aliphatic carbocycles. The molecular formula is C10H10BrFO. The molecule has 1 aromatic carbocycles. The summed E-state index contributed by atoms with van der Waals surface area (Å²) in [4.78, 5) is 10.9. The molecule has 0 aromatic heterocycles. The lowest BCUT2D eigenvalue weighted by atomic mass is 10.0. The van der Waals surface area contributed by atoms with Crippen LogP contribution in [0.3, 0.4) is 0 Å². The van der Waals surface area contributed by atoms with Crippen LogP contribution in [0.15, 0.2) is 16.6 Å². The second-order valence-corrected chi connectivity index (χ2v) is 3.90. The van der Waals surface area contributed by atoms with Crippen LogP contribution in [0.5, 0.6) is 0 Å². The number of hydrogen-bond acceptors (Lipinski definition) is 1. The zero-order valence-corrected chi connectivity index (χ0v) is 9.11. The molecule has 0 fully saturated rings. The molecule has 1 aromatic rings. The number of hydrogen-bond donors (Lipinski definition) is 0. The maximum Gasteiger partial charge on any atom is 0.134 e. The number of rotatable bonds is 2. The van der Waals surface area contributed by atoms with Gasteiger partial charge in [-0.25, -0.2) is 4.39 Å². The Hall–Kier alpha value is -0.700. The summed E-state index contributed by atoms with van der Waals surface area (Å²) in [6.45, 7) is 3.36. The van der Waals surface area contributed by atoms with Crippen molar-refractivity contribution in [2.75, 3.05) is 0 Å². The number of carbonyl (C=O) groups is 1. The second kappa shape index (κ2) is 4.01. The Balaban J connectivity index is 3.12. The van der Waals surface area contributed by atoms with Crippen LogP contribution >= 0.6 is 15.9 Å². The number of benzene rings is 1. The van der Waals surface area contributed by atoms with Gasteiger partial charge in [0.05, 0.1) is 0 Å². The molecule has 3 heteroatoms. The van der Waals surface area contributed by atoms with E-state index in [4.69, 9.17) is 0 Å². The number of carbonyl (C=O) groups excluding carboxylic acids is 1. The van der Waals surface area contributed by atoms with Crippen LogP contribution < -0.4 is 0 Å². The molecule has 0 saturated carbocycles. The minimum Gasteiger partial charge on any atom is -0.300 e. The fourth-order valence-electron chi connectivity index (χ4n) is 1.15. The topological polar surface area (TPSA) is 17.1 Å². The third kappa shape index (κ3) is 2.62. The predicted octanol–water partition coefficient (Wildman–Crippen LogP) is 3.03. The molecule has 1 nitrogen and oxygen atoms in total. The molecule has 0 atom stereocenters. The first kappa shape index (κ1) is 10.4. The number of ketones is 1. The van der Waals surface area contributed by atoms with Crippen LogP contribution in [0.4, 0.5) is 4.39 Å². The minimum absolute atomic E-state index is 0.0422. The molecule has 0 amide bonds. The van der Waals surface area contributed by atoms with Gasteiger partial charge in [0.15, 0.2) is 0 Å². The van der Waals surface area contributed by atoms with Gasteiger partial charge in [-0.3, -0.25) is 4.79 Å². The van der Waals surface area contributed by atoms with Crippen LogP contribution in [0.2, 0.25) is 0 Å². The predicted molar refractivity (Wildman–Crippen MR) is 53.2 cm³/mol. The zero-order chi connectivity index (χ0) is 10.0. The van der Waals surface area contributed by atoms with Gasteiger partial charge in [-0.1, -0.05) is 15.9 Å². The van der Waals surface area contributed by atoms with Gasteiger partial charge in [0, 0.05) is 10.9 Å². The lowest BCUT2D eigenvalue weighted by Crippen LogP contribution is -2.00. The third-order valence-electron chi connectivity index (χ3n) is 1.86. The van der Waals surface area contributed by atoms with Crippen molar-refractivity contribution in [3.05, 3.63) is 33.5 Å². The van der Waals surface area contributed by atoms with E-state index in [0.29, 0.717) is 10.9 Å². The van der Waals surface area contributed by atoms with Crippen LogP contribution in [0.1, 0.15) is 18.1 Å². The fraction of sp³-hybridized carbons (Fsp3) is 0.300. The van der Waals surface area contributed by atoms with E-state index < -0.39 is 0 Å². The molecule has 0 heterocycles.